The number of rotatable bonds is 4. The predicted octanol–water partition coefficient (Wildman–Crippen LogP) is 2.25. The minimum atomic E-state index is 0.248. The van der Waals surface area contributed by atoms with Gasteiger partial charge >= 0.3 is 0 Å². The van der Waals surface area contributed by atoms with Gasteiger partial charge in [-0.3, -0.25) is 0 Å². The molecule has 1 aromatic rings. The molecule has 2 nitrogen and oxygen atoms in total. The van der Waals surface area contributed by atoms with Gasteiger partial charge < -0.3 is 10.1 Å². The Morgan fingerprint density at radius 2 is 1.92 bits per heavy atom. The van der Waals surface area contributed by atoms with Crippen molar-refractivity contribution in [2.75, 3.05) is 12.4 Å². The Morgan fingerprint density at radius 1 is 1.31 bits per heavy atom. The van der Waals surface area contributed by atoms with E-state index in [0.29, 0.717) is 6.42 Å². The number of anilines is 1. The second-order valence-electron chi connectivity index (χ2n) is 3.15. The number of ketones is 1. The smallest absolute Gasteiger partial charge is 0.130 e. The molecule has 0 spiro atoms. The van der Waals surface area contributed by atoms with E-state index in [2.05, 4.69) is 17.4 Å². The molecular formula is C11H15NO. The summed E-state index contributed by atoms with van der Waals surface area (Å²) in [5.41, 5.74) is 2.32. The van der Waals surface area contributed by atoms with Crippen molar-refractivity contribution in [3.8, 4) is 0 Å². The molecule has 1 rings (SSSR count). The van der Waals surface area contributed by atoms with Gasteiger partial charge in [0.2, 0.25) is 0 Å². The van der Waals surface area contributed by atoms with Crippen LogP contribution in [-0.4, -0.2) is 12.8 Å². The van der Waals surface area contributed by atoms with Crippen molar-refractivity contribution in [1.82, 2.24) is 0 Å². The number of carbonyl (C=O) groups is 1. The monoisotopic (exact) mass is 177 g/mol. The van der Waals surface area contributed by atoms with Crippen LogP contribution in [0.4, 0.5) is 5.69 Å². The van der Waals surface area contributed by atoms with Crippen molar-refractivity contribution in [3.63, 3.8) is 0 Å². The summed E-state index contributed by atoms with van der Waals surface area (Å²) in [7, 11) is 1.89. The molecule has 0 bridgehead atoms. The minimum absolute atomic E-state index is 0.248. The zero-order valence-corrected chi connectivity index (χ0v) is 8.13. The van der Waals surface area contributed by atoms with E-state index in [1.165, 1.54) is 5.56 Å². The van der Waals surface area contributed by atoms with Gasteiger partial charge in [-0.15, -0.1) is 0 Å². The zero-order chi connectivity index (χ0) is 9.68. The lowest BCUT2D eigenvalue weighted by Gasteiger charge is -2.01. The Kier molecular flexibility index (Phi) is 3.50. The highest BCUT2D eigenvalue weighted by Crippen LogP contribution is 2.10. The average Bonchev–Trinajstić information content (AvgIpc) is 2.15. The van der Waals surface area contributed by atoms with Gasteiger partial charge in [-0.05, 0) is 31.0 Å². The molecule has 0 radical (unpaired) electrons. The SMILES string of the molecule is CNc1ccc(CCC(C)=O)cc1. The Labute approximate surface area is 79.0 Å². The first-order valence-electron chi connectivity index (χ1n) is 4.48. The number of carbonyl (C=O) groups excluding carboxylic acids is 1. The standard InChI is InChI=1S/C11H15NO/c1-9(13)3-4-10-5-7-11(12-2)8-6-10/h5-8,12H,3-4H2,1-2H3. The third-order valence-corrected chi connectivity index (χ3v) is 2.01. The summed E-state index contributed by atoms with van der Waals surface area (Å²) in [5.74, 6) is 0.248. The normalized spacial score (nSPS) is 9.69. The van der Waals surface area contributed by atoms with E-state index in [4.69, 9.17) is 0 Å². The molecule has 0 unspecified atom stereocenters. The van der Waals surface area contributed by atoms with Crippen LogP contribution >= 0.6 is 0 Å². The van der Waals surface area contributed by atoms with Gasteiger partial charge in [-0.1, -0.05) is 12.1 Å². The fourth-order valence-electron chi connectivity index (χ4n) is 1.16. The molecule has 0 fully saturated rings. The van der Waals surface area contributed by atoms with Crippen LogP contribution in [0, 0.1) is 0 Å². The van der Waals surface area contributed by atoms with Gasteiger partial charge in [0.15, 0.2) is 0 Å². The lowest BCUT2D eigenvalue weighted by Crippen LogP contribution is -1.94. The minimum Gasteiger partial charge on any atom is -0.388 e. The maximum atomic E-state index is 10.7. The van der Waals surface area contributed by atoms with Crippen LogP contribution in [-0.2, 0) is 11.2 Å². The van der Waals surface area contributed by atoms with Crippen LogP contribution in [0.1, 0.15) is 18.9 Å². The summed E-state index contributed by atoms with van der Waals surface area (Å²) in [5, 5.41) is 3.05. The van der Waals surface area contributed by atoms with Gasteiger partial charge in [-0.2, -0.15) is 0 Å². The maximum Gasteiger partial charge on any atom is 0.130 e. The second kappa shape index (κ2) is 4.65. The van der Waals surface area contributed by atoms with Gasteiger partial charge in [0.05, 0.1) is 0 Å². The third kappa shape index (κ3) is 3.28. The summed E-state index contributed by atoms with van der Waals surface area (Å²) in [6.07, 6.45) is 1.48. The average molecular weight is 177 g/mol. The van der Waals surface area contributed by atoms with Gasteiger partial charge in [-0.25, -0.2) is 0 Å². The summed E-state index contributed by atoms with van der Waals surface area (Å²) in [4.78, 5) is 10.7. The first kappa shape index (κ1) is 9.78. The number of Topliss-reactive ketones (excluding diaryl/α,β-unsaturated/α-hetero) is 1. The van der Waals surface area contributed by atoms with Crippen LogP contribution in [0.5, 0.6) is 0 Å². The summed E-state index contributed by atoms with van der Waals surface area (Å²) < 4.78 is 0. The van der Waals surface area contributed by atoms with Crippen LogP contribution < -0.4 is 5.32 Å². The Bertz CT molecular complexity index is 277. The number of hydrogen-bond acceptors (Lipinski definition) is 2. The van der Waals surface area contributed by atoms with E-state index in [-0.39, 0.29) is 5.78 Å². The molecule has 2 heteroatoms. The molecule has 0 aliphatic carbocycles. The predicted molar refractivity (Wildman–Crippen MR) is 55.0 cm³/mol. The molecule has 0 atom stereocenters. The lowest BCUT2D eigenvalue weighted by atomic mass is 10.1. The number of nitrogens with one attached hydrogen (secondary N) is 1. The van der Waals surface area contributed by atoms with Gasteiger partial charge in [0.25, 0.3) is 0 Å². The summed E-state index contributed by atoms with van der Waals surface area (Å²) in [6, 6.07) is 8.15. The highest BCUT2D eigenvalue weighted by molar-refractivity contribution is 5.75. The highest BCUT2D eigenvalue weighted by Gasteiger charge is 1.96. The van der Waals surface area contributed by atoms with Crippen molar-refractivity contribution in [2.45, 2.75) is 19.8 Å². The molecule has 0 amide bonds. The number of hydrogen-bond donors (Lipinski definition) is 1. The summed E-state index contributed by atoms with van der Waals surface area (Å²) >= 11 is 0. The molecular weight excluding hydrogens is 162 g/mol. The highest BCUT2D eigenvalue weighted by atomic mass is 16.1. The topological polar surface area (TPSA) is 29.1 Å². The van der Waals surface area contributed by atoms with Crippen molar-refractivity contribution in [2.24, 2.45) is 0 Å². The first-order valence-corrected chi connectivity index (χ1v) is 4.48. The molecule has 0 aliphatic rings. The van der Waals surface area contributed by atoms with Crippen LogP contribution in [0.25, 0.3) is 0 Å². The quantitative estimate of drug-likeness (QED) is 0.764. The zero-order valence-electron chi connectivity index (χ0n) is 8.13. The summed E-state index contributed by atoms with van der Waals surface area (Å²) in [6.45, 7) is 1.63. The molecule has 0 saturated heterocycles. The molecule has 0 saturated carbocycles. The Morgan fingerprint density at radius 3 is 2.38 bits per heavy atom. The van der Waals surface area contributed by atoms with Crippen LogP contribution in [0.3, 0.4) is 0 Å². The first-order chi connectivity index (χ1) is 6.22. The molecule has 0 heterocycles. The van der Waals surface area contributed by atoms with E-state index >= 15 is 0 Å². The molecule has 0 aliphatic heterocycles. The van der Waals surface area contributed by atoms with E-state index in [0.717, 1.165) is 12.1 Å². The van der Waals surface area contributed by atoms with E-state index < -0.39 is 0 Å². The van der Waals surface area contributed by atoms with Gasteiger partial charge in [0.1, 0.15) is 5.78 Å². The maximum absolute atomic E-state index is 10.7. The Balaban J connectivity index is 2.54. The van der Waals surface area contributed by atoms with Crippen molar-refractivity contribution in [1.29, 1.82) is 0 Å². The molecule has 1 N–H and O–H groups in total. The van der Waals surface area contributed by atoms with Crippen LogP contribution in [0.2, 0.25) is 0 Å². The van der Waals surface area contributed by atoms with E-state index in [1.807, 2.05) is 19.2 Å². The van der Waals surface area contributed by atoms with Gasteiger partial charge in [0, 0.05) is 19.2 Å². The van der Waals surface area contributed by atoms with Crippen LogP contribution in [0.15, 0.2) is 24.3 Å². The largest absolute Gasteiger partial charge is 0.388 e. The molecule has 70 valence electrons. The third-order valence-electron chi connectivity index (χ3n) is 2.01. The fourth-order valence-corrected chi connectivity index (χ4v) is 1.16. The van der Waals surface area contributed by atoms with Crippen molar-refractivity contribution < 1.29 is 4.79 Å². The van der Waals surface area contributed by atoms with Crippen molar-refractivity contribution in [3.05, 3.63) is 29.8 Å². The fraction of sp³-hybridized carbons (Fsp3) is 0.364. The Hall–Kier alpha value is -1.31. The van der Waals surface area contributed by atoms with E-state index in [9.17, 15) is 4.79 Å². The number of aryl methyl sites for hydroxylation is 1. The van der Waals surface area contributed by atoms with Crippen molar-refractivity contribution >= 4 is 11.5 Å². The number of benzene rings is 1. The second-order valence-corrected chi connectivity index (χ2v) is 3.15. The molecule has 13 heavy (non-hydrogen) atoms. The van der Waals surface area contributed by atoms with E-state index in [1.54, 1.807) is 6.92 Å². The lowest BCUT2D eigenvalue weighted by molar-refractivity contribution is -0.116. The molecule has 0 aromatic heterocycles. The molecule has 1 aromatic carbocycles.